The van der Waals surface area contributed by atoms with Gasteiger partial charge in [-0.25, -0.2) is 0 Å². The highest BCUT2D eigenvalue weighted by molar-refractivity contribution is 7.99. The Bertz CT molecular complexity index is 637. The second-order valence-electron chi connectivity index (χ2n) is 5.19. The van der Waals surface area contributed by atoms with Crippen LogP contribution in [-0.4, -0.2) is 10.9 Å². The monoisotopic (exact) mass is 314 g/mol. The molecule has 1 aliphatic heterocycles. The molecule has 1 heterocycles. The smallest absolute Gasteiger partial charge is 0.171 e. The number of aryl methyl sites for hydroxylation is 1. The number of hydrogen-bond acceptors (Lipinski definition) is 2. The summed E-state index contributed by atoms with van der Waals surface area (Å²) in [5.41, 5.74) is 3.62. The maximum atomic E-state index is 5.45. The fourth-order valence-corrected chi connectivity index (χ4v) is 3.84. The van der Waals surface area contributed by atoms with Crippen LogP contribution in [0.1, 0.15) is 23.6 Å². The average Bonchev–Trinajstić information content (AvgIpc) is 2.50. The first-order valence-corrected chi connectivity index (χ1v) is 8.48. The Kier molecular flexibility index (Phi) is 4.46. The van der Waals surface area contributed by atoms with Crippen LogP contribution in [0.5, 0.6) is 0 Å². The highest BCUT2D eigenvalue weighted by atomic mass is 32.2. The zero-order valence-corrected chi connectivity index (χ0v) is 13.6. The minimum atomic E-state index is 0.299. The van der Waals surface area contributed by atoms with E-state index in [0.717, 1.165) is 17.9 Å². The van der Waals surface area contributed by atoms with Crippen molar-refractivity contribution in [3.63, 3.8) is 0 Å². The molecule has 108 valence electrons. The van der Waals surface area contributed by atoms with Gasteiger partial charge in [0.2, 0.25) is 0 Å². The molecular formula is C17H18N2S2. The number of benzene rings is 2. The lowest BCUT2D eigenvalue weighted by Crippen LogP contribution is -2.33. The first-order chi connectivity index (χ1) is 10.2. The SMILES string of the molecule is Cc1ccc(NC(=S)N[C@H]2CCSc3ccccc32)cc1. The quantitative estimate of drug-likeness (QED) is 0.796. The number of thioether (sulfide) groups is 1. The number of thiocarbonyl (C=S) groups is 1. The van der Waals surface area contributed by atoms with E-state index in [1.54, 1.807) is 0 Å². The molecule has 0 aliphatic carbocycles. The van der Waals surface area contributed by atoms with E-state index in [-0.39, 0.29) is 0 Å². The number of fused-ring (bicyclic) bond motifs is 1. The Hall–Kier alpha value is -1.52. The van der Waals surface area contributed by atoms with Gasteiger partial charge in [-0.2, -0.15) is 0 Å². The van der Waals surface area contributed by atoms with Crippen molar-refractivity contribution in [1.29, 1.82) is 0 Å². The predicted molar refractivity (Wildman–Crippen MR) is 95.1 cm³/mol. The molecule has 0 spiro atoms. The van der Waals surface area contributed by atoms with Crippen LogP contribution in [0.4, 0.5) is 5.69 Å². The molecule has 21 heavy (non-hydrogen) atoms. The van der Waals surface area contributed by atoms with Crippen LogP contribution in [0.25, 0.3) is 0 Å². The molecule has 0 saturated heterocycles. The van der Waals surface area contributed by atoms with Gasteiger partial charge in [0.25, 0.3) is 0 Å². The van der Waals surface area contributed by atoms with Gasteiger partial charge in [0.15, 0.2) is 5.11 Å². The van der Waals surface area contributed by atoms with Gasteiger partial charge in [-0.3, -0.25) is 0 Å². The molecule has 2 aromatic carbocycles. The molecule has 2 N–H and O–H groups in total. The lowest BCUT2D eigenvalue weighted by Gasteiger charge is -2.27. The van der Waals surface area contributed by atoms with Gasteiger partial charge in [-0.05, 0) is 49.3 Å². The summed E-state index contributed by atoms with van der Waals surface area (Å²) in [7, 11) is 0. The second-order valence-corrected chi connectivity index (χ2v) is 6.74. The summed E-state index contributed by atoms with van der Waals surface area (Å²) in [5.74, 6) is 1.13. The normalized spacial score (nSPS) is 16.9. The van der Waals surface area contributed by atoms with Crippen molar-refractivity contribution in [2.24, 2.45) is 0 Å². The van der Waals surface area contributed by atoms with Crippen molar-refractivity contribution in [2.75, 3.05) is 11.1 Å². The number of anilines is 1. The molecule has 0 fully saturated rings. The topological polar surface area (TPSA) is 24.1 Å². The van der Waals surface area contributed by atoms with Crippen LogP contribution in [0.15, 0.2) is 53.4 Å². The van der Waals surface area contributed by atoms with Crippen molar-refractivity contribution in [1.82, 2.24) is 5.32 Å². The molecule has 0 aromatic heterocycles. The average molecular weight is 314 g/mol. The van der Waals surface area contributed by atoms with Crippen molar-refractivity contribution < 1.29 is 0 Å². The summed E-state index contributed by atoms with van der Waals surface area (Å²) in [5, 5.41) is 7.39. The van der Waals surface area contributed by atoms with E-state index in [4.69, 9.17) is 12.2 Å². The summed E-state index contributed by atoms with van der Waals surface area (Å²) in [6.45, 7) is 2.08. The zero-order chi connectivity index (χ0) is 14.7. The third-order valence-corrected chi connectivity index (χ3v) is 4.92. The minimum Gasteiger partial charge on any atom is -0.356 e. The lowest BCUT2D eigenvalue weighted by atomic mass is 10.0. The standard InChI is InChI=1S/C17H18N2S2/c1-12-6-8-13(9-7-12)18-17(20)19-15-10-11-21-16-5-3-2-4-14(15)16/h2-9,15H,10-11H2,1H3,(H2,18,19,20)/t15-/m0/s1. The Balaban J connectivity index is 1.67. The van der Waals surface area contributed by atoms with Crippen molar-refractivity contribution >= 4 is 34.8 Å². The summed E-state index contributed by atoms with van der Waals surface area (Å²) in [4.78, 5) is 1.36. The molecule has 1 aliphatic rings. The zero-order valence-electron chi connectivity index (χ0n) is 11.9. The van der Waals surface area contributed by atoms with Gasteiger partial charge in [-0.15, -0.1) is 11.8 Å². The van der Waals surface area contributed by atoms with Gasteiger partial charge in [0, 0.05) is 16.3 Å². The molecule has 0 unspecified atom stereocenters. The lowest BCUT2D eigenvalue weighted by molar-refractivity contribution is 0.614. The van der Waals surface area contributed by atoms with Crippen LogP contribution < -0.4 is 10.6 Å². The Morgan fingerprint density at radius 2 is 1.90 bits per heavy atom. The van der Waals surface area contributed by atoms with Gasteiger partial charge >= 0.3 is 0 Å². The maximum absolute atomic E-state index is 5.45. The van der Waals surface area contributed by atoms with Crippen LogP contribution in [0.2, 0.25) is 0 Å². The van der Waals surface area contributed by atoms with Gasteiger partial charge in [-0.1, -0.05) is 35.9 Å². The Morgan fingerprint density at radius 3 is 2.71 bits per heavy atom. The van der Waals surface area contributed by atoms with E-state index in [2.05, 4.69) is 54.0 Å². The van der Waals surface area contributed by atoms with Gasteiger partial charge < -0.3 is 10.6 Å². The summed E-state index contributed by atoms with van der Waals surface area (Å²) < 4.78 is 0. The summed E-state index contributed by atoms with van der Waals surface area (Å²) >= 11 is 7.37. The first-order valence-electron chi connectivity index (χ1n) is 7.08. The van der Waals surface area contributed by atoms with E-state index in [9.17, 15) is 0 Å². The molecule has 0 radical (unpaired) electrons. The van der Waals surface area contributed by atoms with E-state index in [1.807, 2.05) is 23.9 Å². The van der Waals surface area contributed by atoms with Crippen molar-refractivity contribution in [3.8, 4) is 0 Å². The molecule has 0 amide bonds. The van der Waals surface area contributed by atoms with E-state index in [1.165, 1.54) is 16.0 Å². The fourth-order valence-electron chi connectivity index (χ4n) is 2.45. The van der Waals surface area contributed by atoms with Crippen LogP contribution in [-0.2, 0) is 0 Å². The molecule has 1 atom stereocenters. The van der Waals surface area contributed by atoms with Crippen molar-refractivity contribution in [3.05, 3.63) is 59.7 Å². The fraction of sp³-hybridized carbons (Fsp3) is 0.235. The van der Waals surface area contributed by atoms with Gasteiger partial charge in [0.1, 0.15) is 0 Å². The van der Waals surface area contributed by atoms with Crippen LogP contribution in [0.3, 0.4) is 0 Å². The predicted octanol–water partition coefficient (Wildman–Crippen LogP) is 4.52. The molecule has 2 nitrogen and oxygen atoms in total. The Labute approximate surface area is 135 Å². The highest BCUT2D eigenvalue weighted by Crippen LogP contribution is 2.35. The van der Waals surface area contributed by atoms with Crippen LogP contribution >= 0.6 is 24.0 Å². The largest absolute Gasteiger partial charge is 0.356 e. The third kappa shape index (κ3) is 3.57. The van der Waals surface area contributed by atoms with Crippen LogP contribution in [0, 0.1) is 6.92 Å². The third-order valence-electron chi connectivity index (χ3n) is 3.57. The van der Waals surface area contributed by atoms with E-state index >= 15 is 0 Å². The first kappa shape index (κ1) is 14.4. The summed E-state index contributed by atoms with van der Waals surface area (Å²) in [6.07, 6.45) is 1.09. The molecule has 0 saturated carbocycles. The van der Waals surface area contributed by atoms with E-state index in [0.29, 0.717) is 11.2 Å². The molecular weight excluding hydrogens is 296 g/mol. The number of rotatable bonds is 2. The second kappa shape index (κ2) is 6.50. The number of hydrogen-bond donors (Lipinski definition) is 2. The van der Waals surface area contributed by atoms with E-state index < -0.39 is 0 Å². The Morgan fingerprint density at radius 1 is 1.14 bits per heavy atom. The molecule has 4 heteroatoms. The molecule has 2 aromatic rings. The number of nitrogens with one attached hydrogen (secondary N) is 2. The van der Waals surface area contributed by atoms with Crippen molar-refractivity contribution in [2.45, 2.75) is 24.3 Å². The molecule has 0 bridgehead atoms. The summed E-state index contributed by atoms with van der Waals surface area (Å²) in [6, 6.07) is 17.1. The highest BCUT2D eigenvalue weighted by Gasteiger charge is 2.20. The maximum Gasteiger partial charge on any atom is 0.171 e. The van der Waals surface area contributed by atoms with Gasteiger partial charge in [0.05, 0.1) is 6.04 Å². The molecule has 3 rings (SSSR count). The minimum absolute atomic E-state index is 0.299.